The first kappa shape index (κ1) is 11.1. The highest BCUT2D eigenvalue weighted by atomic mass is 16.5. The molecule has 1 rings (SSSR count). The van der Waals surface area contributed by atoms with Gasteiger partial charge in [-0.3, -0.25) is 0 Å². The third kappa shape index (κ3) is 3.06. The van der Waals surface area contributed by atoms with Crippen molar-refractivity contribution in [2.45, 2.75) is 39.5 Å². The predicted octanol–water partition coefficient (Wildman–Crippen LogP) is 3.77. The van der Waals surface area contributed by atoms with Crippen LogP contribution in [0.4, 0.5) is 0 Å². The monoisotopic (exact) mass is 192 g/mol. The van der Waals surface area contributed by atoms with Crippen LogP contribution in [0.2, 0.25) is 0 Å². The van der Waals surface area contributed by atoms with Crippen molar-refractivity contribution >= 4 is 0 Å². The van der Waals surface area contributed by atoms with Gasteiger partial charge in [-0.05, 0) is 29.5 Å². The minimum absolute atomic E-state index is 0.225. The number of rotatable bonds is 3. The average Bonchev–Trinajstić information content (AvgIpc) is 2.14. The molecule has 0 aliphatic rings. The molecule has 1 heteroatoms. The molecule has 1 nitrogen and oxygen atoms in total. The Morgan fingerprint density at radius 3 is 2.07 bits per heavy atom. The summed E-state index contributed by atoms with van der Waals surface area (Å²) in [5, 5.41) is 0. The average molecular weight is 192 g/mol. The second kappa shape index (κ2) is 4.50. The van der Waals surface area contributed by atoms with Gasteiger partial charge in [0.05, 0.1) is 6.61 Å². The van der Waals surface area contributed by atoms with Gasteiger partial charge in [0.2, 0.25) is 0 Å². The van der Waals surface area contributed by atoms with Crippen LogP contribution >= 0.6 is 0 Å². The molecular weight excluding hydrogens is 172 g/mol. The molecule has 0 bridgehead atoms. The molecule has 1 aromatic carbocycles. The first-order chi connectivity index (χ1) is 6.54. The molecule has 0 aromatic heterocycles. The highest BCUT2D eigenvalue weighted by molar-refractivity contribution is 5.30. The lowest BCUT2D eigenvalue weighted by molar-refractivity contribution is 0.317. The SMILES string of the molecule is CCCOc1ccc(C(C)(C)C)cc1. The molecule has 0 aliphatic heterocycles. The van der Waals surface area contributed by atoms with Crippen LogP contribution < -0.4 is 4.74 Å². The van der Waals surface area contributed by atoms with E-state index < -0.39 is 0 Å². The van der Waals surface area contributed by atoms with Gasteiger partial charge in [0.1, 0.15) is 5.75 Å². The van der Waals surface area contributed by atoms with Gasteiger partial charge in [-0.15, -0.1) is 0 Å². The minimum Gasteiger partial charge on any atom is -0.494 e. The van der Waals surface area contributed by atoms with Gasteiger partial charge >= 0.3 is 0 Å². The smallest absolute Gasteiger partial charge is 0.119 e. The Kier molecular flexibility index (Phi) is 3.56. The Labute approximate surface area is 87.1 Å². The standard InChI is InChI=1S/C13H20O/c1-5-10-14-12-8-6-11(7-9-12)13(2,3)4/h6-9H,5,10H2,1-4H3. The molecule has 0 atom stereocenters. The van der Waals surface area contributed by atoms with Crippen molar-refractivity contribution in [3.63, 3.8) is 0 Å². The Bertz CT molecular complexity index is 266. The Morgan fingerprint density at radius 2 is 1.64 bits per heavy atom. The molecule has 0 heterocycles. The van der Waals surface area contributed by atoms with Crippen molar-refractivity contribution in [2.24, 2.45) is 0 Å². The van der Waals surface area contributed by atoms with E-state index in [4.69, 9.17) is 4.74 Å². The van der Waals surface area contributed by atoms with Crippen LogP contribution in [0.3, 0.4) is 0 Å². The van der Waals surface area contributed by atoms with E-state index >= 15 is 0 Å². The van der Waals surface area contributed by atoms with Crippen LogP contribution in [0.15, 0.2) is 24.3 Å². The summed E-state index contributed by atoms with van der Waals surface area (Å²) in [5.41, 5.74) is 1.57. The van der Waals surface area contributed by atoms with Gasteiger partial charge in [-0.25, -0.2) is 0 Å². The Hall–Kier alpha value is -0.980. The maximum Gasteiger partial charge on any atom is 0.119 e. The third-order valence-electron chi connectivity index (χ3n) is 2.19. The van der Waals surface area contributed by atoms with Gasteiger partial charge < -0.3 is 4.74 Å². The quantitative estimate of drug-likeness (QED) is 0.708. The van der Waals surface area contributed by atoms with E-state index in [9.17, 15) is 0 Å². The zero-order chi connectivity index (χ0) is 10.6. The van der Waals surface area contributed by atoms with Crippen molar-refractivity contribution < 1.29 is 4.74 Å². The molecule has 0 saturated heterocycles. The molecule has 0 N–H and O–H groups in total. The first-order valence-corrected chi connectivity index (χ1v) is 5.27. The fraction of sp³-hybridized carbons (Fsp3) is 0.538. The van der Waals surface area contributed by atoms with Gasteiger partial charge in [-0.2, -0.15) is 0 Å². The van der Waals surface area contributed by atoms with Gasteiger partial charge in [-0.1, -0.05) is 39.8 Å². The number of hydrogen-bond acceptors (Lipinski definition) is 1. The summed E-state index contributed by atoms with van der Waals surface area (Å²) in [5.74, 6) is 0.972. The van der Waals surface area contributed by atoms with Crippen LogP contribution in [-0.4, -0.2) is 6.61 Å². The lowest BCUT2D eigenvalue weighted by Crippen LogP contribution is -2.10. The summed E-state index contributed by atoms with van der Waals surface area (Å²) in [7, 11) is 0. The van der Waals surface area contributed by atoms with E-state index in [0.717, 1.165) is 18.8 Å². The second-order valence-electron chi connectivity index (χ2n) is 4.62. The molecule has 0 unspecified atom stereocenters. The zero-order valence-electron chi connectivity index (χ0n) is 9.63. The fourth-order valence-electron chi connectivity index (χ4n) is 1.27. The van der Waals surface area contributed by atoms with Crippen molar-refractivity contribution in [3.8, 4) is 5.75 Å². The van der Waals surface area contributed by atoms with Crippen LogP contribution in [0.25, 0.3) is 0 Å². The van der Waals surface area contributed by atoms with Crippen LogP contribution in [0.5, 0.6) is 5.75 Å². The van der Waals surface area contributed by atoms with Crippen LogP contribution in [-0.2, 0) is 5.41 Å². The lowest BCUT2D eigenvalue weighted by Gasteiger charge is -2.19. The van der Waals surface area contributed by atoms with E-state index in [-0.39, 0.29) is 5.41 Å². The largest absolute Gasteiger partial charge is 0.494 e. The van der Waals surface area contributed by atoms with E-state index in [1.807, 2.05) is 0 Å². The Balaban J connectivity index is 2.69. The summed E-state index contributed by atoms with van der Waals surface area (Å²) < 4.78 is 5.52. The molecule has 0 saturated carbocycles. The summed E-state index contributed by atoms with van der Waals surface area (Å²) in [4.78, 5) is 0. The molecule has 0 fully saturated rings. The maximum absolute atomic E-state index is 5.52. The lowest BCUT2D eigenvalue weighted by atomic mass is 9.87. The summed E-state index contributed by atoms with van der Waals surface area (Å²) >= 11 is 0. The minimum atomic E-state index is 0.225. The van der Waals surface area contributed by atoms with E-state index in [1.165, 1.54) is 5.56 Å². The number of ether oxygens (including phenoxy) is 1. The zero-order valence-corrected chi connectivity index (χ0v) is 9.63. The highest BCUT2D eigenvalue weighted by Gasteiger charge is 2.12. The highest BCUT2D eigenvalue weighted by Crippen LogP contribution is 2.24. The number of hydrogen-bond donors (Lipinski definition) is 0. The molecule has 1 aromatic rings. The van der Waals surface area contributed by atoms with E-state index in [2.05, 4.69) is 52.0 Å². The molecule has 0 spiro atoms. The molecule has 0 amide bonds. The van der Waals surface area contributed by atoms with Crippen molar-refractivity contribution in [3.05, 3.63) is 29.8 Å². The maximum atomic E-state index is 5.52. The predicted molar refractivity (Wildman–Crippen MR) is 60.9 cm³/mol. The Morgan fingerprint density at radius 1 is 1.07 bits per heavy atom. The van der Waals surface area contributed by atoms with Crippen LogP contribution in [0, 0.1) is 0 Å². The topological polar surface area (TPSA) is 9.23 Å². The first-order valence-electron chi connectivity index (χ1n) is 5.27. The number of benzene rings is 1. The van der Waals surface area contributed by atoms with Gasteiger partial charge in [0.15, 0.2) is 0 Å². The van der Waals surface area contributed by atoms with E-state index in [0.29, 0.717) is 0 Å². The molecular formula is C13H20O. The molecule has 0 aliphatic carbocycles. The molecule has 78 valence electrons. The third-order valence-corrected chi connectivity index (χ3v) is 2.19. The van der Waals surface area contributed by atoms with Crippen LogP contribution in [0.1, 0.15) is 39.7 Å². The fourth-order valence-corrected chi connectivity index (χ4v) is 1.27. The van der Waals surface area contributed by atoms with Crippen molar-refractivity contribution in [2.75, 3.05) is 6.61 Å². The normalized spacial score (nSPS) is 11.4. The van der Waals surface area contributed by atoms with Crippen molar-refractivity contribution in [1.29, 1.82) is 0 Å². The van der Waals surface area contributed by atoms with E-state index in [1.54, 1.807) is 0 Å². The summed E-state index contributed by atoms with van der Waals surface area (Å²) in [6.45, 7) is 9.57. The van der Waals surface area contributed by atoms with Crippen molar-refractivity contribution in [1.82, 2.24) is 0 Å². The second-order valence-corrected chi connectivity index (χ2v) is 4.62. The van der Waals surface area contributed by atoms with Gasteiger partial charge in [0.25, 0.3) is 0 Å². The van der Waals surface area contributed by atoms with Gasteiger partial charge in [0, 0.05) is 0 Å². The molecule has 0 radical (unpaired) electrons. The molecule has 14 heavy (non-hydrogen) atoms. The summed E-state index contributed by atoms with van der Waals surface area (Å²) in [6.07, 6.45) is 1.06. The summed E-state index contributed by atoms with van der Waals surface area (Å²) in [6, 6.07) is 8.39.